The molecule has 0 amide bonds. The zero-order valence-electron chi connectivity index (χ0n) is 20.4. The summed E-state index contributed by atoms with van der Waals surface area (Å²) in [6, 6.07) is 7.31. The van der Waals surface area contributed by atoms with Gasteiger partial charge in [0.1, 0.15) is 12.5 Å². The molecule has 1 aromatic carbocycles. The predicted molar refractivity (Wildman–Crippen MR) is 140 cm³/mol. The number of hydrogen-bond acceptors (Lipinski definition) is 4. The van der Waals surface area contributed by atoms with Crippen molar-refractivity contribution in [2.24, 2.45) is 0 Å². The van der Waals surface area contributed by atoms with E-state index in [0.717, 1.165) is 29.6 Å². The van der Waals surface area contributed by atoms with Crippen molar-refractivity contribution in [3.05, 3.63) is 57.2 Å². The van der Waals surface area contributed by atoms with Crippen LogP contribution >= 0.6 is 23.2 Å². The van der Waals surface area contributed by atoms with Gasteiger partial charge in [-0.1, -0.05) is 88.1 Å². The molecule has 0 saturated heterocycles. The largest absolute Gasteiger partial charge is 0.481 e. The summed E-state index contributed by atoms with van der Waals surface area (Å²) in [6.45, 7) is 6.51. The maximum atomic E-state index is 10.7. The minimum Gasteiger partial charge on any atom is -0.481 e. The van der Waals surface area contributed by atoms with E-state index in [2.05, 4.69) is 24.1 Å². The molecule has 1 atom stereocenters. The molecule has 2 heterocycles. The standard InChI is InChI=1S/C19H31Cl2N.C8H7NO3/c1-3-5-6-7-8-9-10-11-12-22-15-18-16(4-2)13-17(20)14-19(18)21;10-8(11)6-4-12-7-5(6)2-1-3-9-7/h13-14,22H,3-12,15H2,1-2H3;1-3,6H,4H2,(H,10,11). The highest BCUT2D eigenvalue weighted by molar-refractivity contribution is 6.35. The predicted octanol–water partition coefficient (Wildman–Crippen LogP) is 7.43. The van der Waals surface area contributed by atoms with Crippen molar-refractivity contribution in [2.45, 2.75) is 84.1 Å². The molecule has 1 unspecified atom stereocenters. The van der Waals surface area contributed by atoms with Gasteiger partial charge in [0.2, 0.25) is 5.88 Å². The minimum absolute atomic E-state index is 0.196. The molecule has 7 heteroatoms. The van der Waals surface area contributed by atoms with Crippen LogP contribution in [0.15, 0.2) is 30.5 Å². The number of fused-ring (bicyclic) bond motifs is 1. The van der Waals surface area contributed by atoms with Gasteiger partial charge in [-0.2, -0.15) is 0 Å². The lowest BCUT2D eigenvalue weighted by molar-refractivity contribution is -0.138. The molecule has 1 aromatic heterocycles. The number of hydrogen-bond donors (Lipinski definition) is 2. The Bertz CT molecular complexity index is 892. The Labute approximate surface area is 214 Å². The van der Waals surface area contributed by atoms with Crippen LogP contribution in [0.4, 0.5) is 0 Å². The summed E-state index contributed by atoms with van der Waals surface area (Å²) in [7, 11) is 0. The van der Waals surface area contributed by atoms with Gasteiger partial charge in [-0.05, 0) is 48.7 Å². The molecule has 0 aliphatic carbocycles. The number of aryl methyl sites for hydroxylation is 1. The quantitative estimate of drug-likeness (QED) is 0.275. The zero-order chi connectivity index (χ0) is 24.8. The fourth-order valence-electron chi connectivity index (χ4n) is 4.01. The number of nitrogens with zero attached hydrogens (tertiary/aromatic N) is 1. The van der Waals surface area contributed by atoms with E-state index < -0.39 is 11.9 Å². The van der Waals surface area contributed by atoms with Gasteiger partial charge < -0.3 is 15.2 Å². The number of aromatic nitrogens is 1. The molecule has 0 saturated carbocycles. The lowest BCUT2D eigenvalue weighted by Gasteiger charge is -2.12. The van der Waals surface area contributed by atoms with Crippen molar-refractivity contribution in [3.8, 4) is 5.88 Å². The molecule has 3 rings (SSSR count). The summed E-state index contributed by atoms with van der Waals surface area (Å²) in [5, 5.41) is 13.8. The molecule has 5 nitrogen and oxygen atoms in total. The third-order valence-corrected chi connectivity index (χ3v) is 6.56. The number of carboxylic acid groups (broad SMARTS) is 1. The summed E-state index contributed by atoms with van der Waals surface area (Å²) in [5.41, 5.74) is 3.12. The lowest BCUT2D eigenvalue weighted by Crippen LogP contribution is -2.16. The summed E-state index contributed by atoms with van der Waals surface area (Å²) in [4.78, 5) is 14.6. The number of unbranched alkanes of at least 4 members (excludes halogenated alkanes) is 7. The van der Waals surface area contributed by atoms with Crippen molar-refractivity contribution in [1.82, 2.24) is 10.3 Å². The third-order valence-electron chi connectivity index (χ3n) is 6.00. The highest BCUT2D eigenvalue weighted by Crippen LogP contribution is 2.31. The van der Waals surface area contributed by atoms with Crippen LogP contribution < -0.4 is 10.1 Å². The van der Waals surface area contributed by atoms with Crippen molar-refractivity contribution < 1.29 is 14.6 Å². The van der Waals surface area contributed by atoms with E-state index in [1.165, 1.54) is 62.5 Å². The summed E-state index contributed by atoms with van der Waals surface area (Å²) < 4.78 is 5.08. The highest BCUT2D eigenvalue weighted by Gasteiger charge is 2.30. The van der Waals surface area contributed by atoms with Crippen molar-refractivity contribution in [3.63, 3.8) is 0 Å². The molecule has 1 aliphatic rings. The average molecular weight is 510 g/mol. The van der Waals surface area contributed by atoms with Crippen LogP contribution in [0.1, 0.15) is 87.8 Å². The Morgan fingerprint density at radius 3 is 2.50 bits per heavy atom. The zero-order valence-corrected chi connectivity index (χ0v) is 21.9. The van der Waals surface area contributed by atoms with Crippen LogP contribution in [-0.4, -0.2) is 29.2 Å². The van der Waals surface area contributed by atoms with Gasteiger partial charge in [-0.3, -0.25) is 4.79 Å². The second-order valence-corrected chi connectivity index (χ2v) is 9.47. The normalized spacial score (nSPS) is 14.2. The number of carboxylic acids is 1. The molecule has 0 fully saturated rings. The second kappa shape index (κ2) is 16.0. The van der Waals surface area contributed by atoms with Crippen LogP contribution in [0, 0.1) is 0 Å². The molecule has 34 heavy (non-hydrogen) atoms. The van der Waals surface area contributed by atoms with Crippen LogP contribution in [0.5, 0.6) is 5.88 Å². The topological polar surface area (TPSA) is 71.5 Å². The van der Waals surface area contributed by atoms with Gasteiger partial charge in [0.25, 0.3) is 0 Å². The molecule has 188 valence electrons. The number of halogens is 2. The Balaban J connectivity index is 0.000000283. The Hall–Kier alpha value is -1.82. The van der Waals surface area contributed by atoms with Crippen molar-refractivity contribution in [2.75, 3.05) is 13.2 Å². The third kappa shape index (κ3) is 9.44. The highest BCUT2D eigenvalue weighted by atomic mass is 35.5. The molecule has 2 N–H and O–H groups in total. The van der Waals surface area contributed by atoms with Gasteiger partial charge in [-0.15, -0.1) is 0 Å². The van der Waals surface area contributed by atoms with Crippen LogP contribution in [0.3, 0.4) is 0 Å². The Kier molecular flexibility index (Phi) is 13.3. The SMILES string of the molecule is CCCCCCCCCCNCc1c(Cl)cc(Cl)cc1CC.O=C(O)C1COc2ncccc21. The van der Waals surface area contributed by atoms with E-state index in [9.17, 15) is 4.79 Å². The summed E-state index contributed by atoms with van der Waals surface area (Å²) in [6.07, 6.45) is 13.4. The lowest BCUT2D eigenvalue weighted by atomic mass is 10.0. The van der Waals surface area contributed by atoms with Gasteiger partial charge in [-0.25, -0.2) is 4.98 Å². The van der Waals surface area contributed by atoms with Crippen LogP contribution in [-0.2, 0) is 17.8 Å². The first kappa shape index (κ1) is 28.4. The van der Waals surface area contributed by atoms with Crippen molar-refractivity contribution in [1.29, 1.82) is 0 Å². The maximum absolute atomic E-state index is 10.7. The van der Waals surface area contributed by atoms with E-state index in [1.54, 1.807) is 18.3 Å². The Morgan fingerprint density at radius 2 is 1.82 bits per heavy atom. The van der Waals surface area contributed by atoms with Crippen molar-refractivity contribution >= 4 is 29.2 Å². The minimum atomic E-state index is -0.859. The van der Waals surface area contributed by atoms with Gasteiger partial charge in [0, 0.05) is 28.4 Å². The molecule has 0 radical (unpaired) electrons. The number of ether oxygens (including phenoxy) is 1. The van der Waals surface area contributed by atoms with Gasteiger partial charge >= 0.3 is 5.97 Å². The fourth-order valence-corrected chi connectivity index (χ4v) is 4.62. The average Bonchev–Trinajstić information content (AvgIpc) is 3.26. The molecule has 0 bridgehead atoms. The number of pyridine rings is 1. The smallest absolute Gasteiger partial charge is 0.314 e. The van der Waals surface area contributed by atoms with Gasteiger partial charge in [0.15, 0.2) is 0 Å². The molecule has 2 aromatic rings. The number of benzene rings is 1. The summed E-state index contributed by atoms with van der Waals surface area (Å²) >= 11 is 12.4. The monoisotopic (exact) mass is 508 g/mol. The first-order valence-electron chi connectivity index (χ1n) is 12.5. The number of nitrogens with one attached hydrogen (secondary N) is 1. The van der Waals surface area contributed by atoms with Crippen LogP contribution in [0.25, 0.3) is 0 Å². The van der Waals surface area contributed by atoms with E-state index in [1.807, 2.05) is 12.1 Å². The maximum Gasteiger partial charge on any atom is 0.314 e. The van der Waals surface area contributed by atoms with Gasteiger partial charge in [0.05, 0.1) is 0 Å². The number of aliphatic carboxylic acids is 1. The van der Waals surface area contributed by atoms with E-state index in [0.29, 0.717) is 11.4 Å². The van der Waals surface area contributed by atoms with E-state index in [4.69, 9.17) is 33.0 Å². The molecular weight excluding hydrogens is 471 g/mol. The fraction of sp³-hybridized carbons (Fsp3) is 0.556. The number of rotatable bonds is 13. The molecule has 1 aliphatic heterocycles. The first-order chi connectivity index (χ1) is 16.5. The summed E-state index contributed by atoms with van der Waals surface area (Å²) in [5.74, 6) is -0.958. The Morgan fingerprint density at radius 1 is 1.12 bits per heavy atom. The molecular formula is C27H38Cl2N2O3. The van der Waals surface area contributed by atoms with E-state index in [-0.39, 0.29) is 6.61 Å². The van der Waals surface area contributed by atoms with Crippen LogP contribution in [0.2, 0.25) is 10.0 Å². The van der Waals surface area contributed by atoms with E-state index >= 15 is 0 Å². The first-order valence-corrected chi connectivity index (χ1v) is 13.2. The second-order valence-electron chi connectivity index (χ2n) is 8.63. The molecule has 0 spiro atoms. The number of carbonyl (C=O) groups is 1.